The average Bonchev–Trinajstić information content (AvgIpc) is 4.04. The van der Waals surface area contributed by atoms with E-state index in [0.29, 0.717) is 80.4 Å². The number of hydrogen-bond donors (Lipinski definition) is 4. The number of nitrogens with two attached hydrogens (primary N) is 1. The number of carbonyl (C=O) groups excluding carboxylic acids is 5. The second-order valence-corrected chi connectivity index (χ2v) is 18.0. The zero-order valence-corrected chi connectivity index (χ0v) is 40.7. The second-order valence-electron chi connectivity index (χ2n) is 18.0. The number of aromatic nitrogens is 6. The van der Waals surface area contributed by atoms with Crippen LogP contribution in [0.4, 0.5) is 34.3 Å². The van der Waals surface area contributed by atoms with Gasteiger partial charge in [-0.15, -0.1) is 0 Å². The number of imide groups is 1. The molecule has 0 unspecified atom stereocenters. The summed E-state index contributed by atoms with van der Waals surface area (Å²) in [6, 6.07) is 14.3. The van der Waals surface area contributed by atoms with Gasteiger partial charge in [0.05, 0.1) is 54.5 Å². The van der Waals surface area contributed by atoms with Gasteiger partial charge in [0.2, 0.25) is 11.8 Å². The predicted octanol–water partition coefficient (Wildman–Crippen LogP) is 5.34. The lowest BCUT2D eigenvalue weighted by molar-refractivity contribution is -0.120. The predicted molar refractivity (Wildman–Crippen MR) is 259 cm³/mol. The van der Waals surface area contributed by atoms with Crippen LogP contribution < -0.4 is 37.3 Å². The maximum atomic E-state index is 13.5. The number of ether oxygens (including phenoxy) is 3. The first kappa shape index (κ1) is 52.9. The molecule has 388 valence electrons. The number of halogens is 3. The molecule has 5 heterocycles. The summed E-state index contributed by atoms with van der Waals surface area (Å²) >= 11 is 0. The molecule has 2 aromatic carbocycles. The highest BCUT2D eigenvalue weighted by molar-refractivity contribution is 6.07. The van der Waals surface area contributed by atoms with Gasteiger partial charge in [0.1, 0.15) is 24.2 Å². The number of hydrogen-bond acceptors (Lipinski definition) is 14. The Morgan fingerprint density at radius 1 is 1.00 bits per heavy atom. The number of para-hydroxylation sites is 1. The quantitative estimate of drug-likeness (QED) is 0.0704. The fourth-order valence-corrected chi connectivity index (χ4v) is 7.82. The SMILES string of the molecule is C[C@H]1CCC(=O)NC(=O)N1n1c(=O)n(C)c2c(CCCOCCOCCNCc3ccc(-n4cc(NC(=O)c5coc(-c6ccnc(N(CC(F)(F)F)C(=O)OC(C)(C)C)c6)n5)c(C(N)=O)n4)cc3)cccc21. The summed E-state index contributed by atoms with van der Waals surface area (Å²) in [4.78, 5) is 85.1. The Bertz CT molecular complexity index is 3030. The summed E-state index contributed by atoms with van der Waals surface area (Å²) in [6.07, 6.45) is -0.592. The summed E-state index contributed by atoms with van der Waals surface area (Å²) in [5, 5.41) is 13.8. The Balaban J connectivity index is 0.843. The smallest absolute Gasteiger partial charge is 0.416 e. The van der Waals surface area contributed by atoms with Gasteiger partial charge in [0, 0.05) is 44.9 Å². The molecule has 25 heteroatoms. The monoisotopic (exact) mass is 1020 g/mol. The minimum absolute atomic E-state index is 0.0309. The van der Waals surface area contributed by atoms with Crippen molar-refractivity contribution in [2.45, 2.75) is 77.7 Å². The second kappa shape index (κ2) is 22.7. The van der Waals surface area contributed by atoms with E-state index in [1.807, 2.05) is 31.2 Å². The van der Waals surface area contributed by atoms with Crippen molar-refractivity contribution in [2.24, 2.45) is 12.8 Å². The minimum Gasteiger partial charge on any atom is -0.444 e. The van der Waals surface area contributed by atoms with E-state index >= 15 is 0 Å². The first-order chi connectivity index (χ1) is 34.7. The number of urea groups is 1. The van der Waals surface area contributed by atoms with Gasteiger partial charge in [-0.3, -0.25) is 29.2 Å². The van der Waals surface area contributed by atoms with Crippen LogP contribution in [-0.4, -0.2) is 116 Å². The van der Waals surface area contributed by atoms with Gasteiger partial charge in [0.15, 0.2) is 11.4 Å². The van der Waals surface area contributed by atoms with E-state index in [-0.39, 0.29) is 52.6 Å². The number of alkyl halides is 3. The van der Waals surface area contributed by atoms with Gasteiger partial charge in [-0.1, -0.05) is 24.3 Å². The maximum absolute atomic E-state index is 13.5. The van der Waals surface area contributed by atoms with Gasteiger partial charge in [-0.25, -0.2) is 34.0 Å². The number of rotatable bonds is 20. The minimum atomic E-state index is -4.79. The Morgan fingerprint density at radius 3 is 2.45 bits per heavy atom. The van der Waals surface area contributed by atoms with Crippen LogP contribution in [-0.2, 0) is 39.0 Å². The zero-order valence-electron chi connectivity index (χ0n) is 40.7. The van der Waals surface area contributed by atoms with Crippen molar-refractivity contribution in [3.8, 4) is 17.1 Å². The van der Waals surface area contributed by atoms with Crippen LogP contribution in [0.25, 0.3) is 28.2 Å². The van der Waals surface area contributed by atoms with Crippen molar-refractivity contribution in [2.75, 3.05) is 54.7 Å². The van der Waals surface area contributed by atoms with Crippen LogP contribution in [0.2, 0.25) is 0 Å². The summed E-state index contributed by atoms with van der Waals surface area (Å²) < 4.78 is 66.8. The molecule has 0 radical (unpaired) electrons. The number of fused-ring (bicyclic) bond motifs is 1. The Morgan fingerprint density at radius 2 is 1.74 bits per heavy atom. The molecule has 1 aliphatic rings. The first-order valence-electron chi connectivity index (χ1n) is 23.2. The van der Waals surface area contributed by atoms with Crippen LogP contribution in [0.15, 0.2) is 82.5 Å². The first-order valence-corrected chi connectivity index (χ1v) is 23.2. The summed E-state index contributed by atoms with van der Waals surface area (Å²) in [6.45, 7) is 7.42. The Kier molecular flexibility index (Phi) is 16.4. The molecular formula is C48H55F3N12O10. The van der Waals surface area contributed by atoms with E-state index in [1.165, 1.54) is 52.0 Å². The summed E-state index contributed by atoms with van der Waals surface area (Å²) in [5.41, 5.74) is 7.39. The lowest BCUT2D eigenvalue weighted by Crippen LogP contribution is -2.54. The number of primary amides is 1. The van der Waals surface area contributed by atoms with Crippen molar-refractivity contribution in [3.63, 3.8) is 0 Å². The molecule has 6 amide bonds. The lowest BCUT2D eigenvalue weighted by atomic mass is 10.1. The van der Waals surface area contributed by atoms with Crippen molar-refractivity contribution in [1.82, 2.24) is 39.6 Å². The highest BCUT2D eigenvalue weighted by Gasteiger charge is 2.37. The number of oxazole rings is 1. The highest BCUT2D eigenvalue weighted by atomic mass is 19.4. The molecule has 5 N–H and O–H groups in total. The number of amides is 6. The molecule has 22 nitrogen and oxygen atoms in total. The number of benzene rings is 2. The van der Waals surface area contributed by atoms with E-state index in [0.717, 1.165) is 29.7 Å². The Labute approximate surface area is 415 Å². The molecule has 1 aliphatic heterocycles. The fourth-order valence-electron chi connectivity index (χ4n) is 7.82. The van der Waals surface area contributed by atoms with Crippen LogP contribution in [0.5, 0.6) is 0 Å². The number of anilines is 2. The number of pyridine rings is 1. The van der Waals surface area contributed by atoms with Crippen molar-refractivity contribution in [1.29, 1.82) is 0 Å². The topological polar surface area (TPSA) is 265 Å². The van der Waals surface area contributed by atoms with E-state index < -0.39 is 48.1 Å². The standard InChI is InChI=1S/C48H55F3N12O10/c1-29-11-16-38(64)57-44(67)62(29)63-36-10-6-8-31(40(36)59(5)45(63)68)9-7-20-70-22-23-71-21-19-53-25-30-12-14-33(15-13-30)61-26-34(39(58-61)41(52)65)55-42(66)35-27-72-43(56-35)32-17-18-54-37(24-32)60(28-48(49,50)51)46(69)73-47(2,3)4/h6,8,10,12-15,17-18,24,26-27,29,53H,7,9,11,16,19-23,25,28H2,1-5H3,(H2,52,65)(H,55,66)(H,57,64,67)/t29-/m0/s1. The highest BCUT2D eigenvalue weighted by Crippen LogP contribution is 2.28. The molecule has 73 heavy (non-hydrogen) atoms. The molecule has 6 aromatic rings. The van der Waals surface area contributed by atoms with E-state index in [1.54, 1.807) is 25.2 Å². The van der Waals surface area contributed by atoms with Crippen LogP contribution in [0.1, 0.15) is 79.1 Å². The fraction of sp³-hybridized carbons (Fsp3) is 0.396. The lowest BCUT2D eigenvalue weighted by Gasteiger charge is -2.27. The van der Waals surface area contributed by atoms with Crippen molar-refractivity contribution >= 4 is 52.4 Å². The molecule has 0 saturated carbocycles. The third-order valence-corrected chi connectivity index (χ3v) is 11.2. The summed E-state index contributed by atoms with van der Waals surface area (Å²) in [7, 11) is 1.67. The number of nitrogens with zero attached hydrogens (tertiary/aromatic N) is 8. The molecule has 1 atom stereocenters. The van der Waals surface area contributed by atoms with E-state index in [9.17, 15) is 41.9 Å². The van der Waals surface area contributed by atoms with Gasteiger partial charge in [-0.05, 0) is 88.4 Å². The summed E-state index contributed by atoms with van der Waals surface area (Å²) in [5.74, 6) is -2.70. The number of aryl methyl sites for hydroxylation is 2. The molecule has 0 bridgehead atoms. The van der Waals surface area contributed by atoms with Crippen molar-refractivity contribution in [3.05, 3.63) is 106 Å². The normalized spacial score (nSPS) is 14.3. The number of carbonyl (C=O) groups is 5. The molecule has 1 saturated heterocycles. The number of nitrogens with one attached hydrogen (secondary N) is 3. The third kappa shape index (κ3) is 13.3. The maximum Gasteiger partial charge on any atom is 0.416 e. The van der Waals surface area contributed by atoms with Crippen LogP contribution in [0, 0.1) is 0 Å². The van der Waals surface area contributed by atoms with E-state index in [2.05, 4.69) is 31.0 Å². The molecule has 4 aromatic heterocycles. The van der Waals surface area contributed by atoms with Crippen molar-refractivity contribution < 1.29 is 55.8 Å². The molecular weight excluding hydrogens is 962 g/mol. The van der Waals surface area contributed by atoms with Gasteiger partial charge < -0.3 is 35.0 Å². The van der Waals surface area contributed by atoms with Crippen LogP contribution in [0.3, 0.4) is 0 Å². The average molecular weight is 1020 g/mol. The Hall–Kier alpha value is -7.90. The zero-order chi connectivity index (χ0) is 52.6. The van der Waals surface area contributed by atoms with Gasteiger partial charge in [-0.2, -0.15) is 22.9 Å². The molecule has 0 spiro atoms. The third-order valence-electron chi connectivity index (χ3n) is 11.2. The molecule has 1 fully saturated rings. The molecule has 0 aliphatic carbocycles. The largest absolute Gasteiger partial charge is 0.444 e. The molecule has 7 rings (SSSR count). The number of imidazole rings is 1. The van der Waals surface area contributed by atoms with Crippen LogP contribution >= 0.6 is 0 Å². The van der Waals surface area contributed by atoms with E-state index in [4.69, 9.17) is 24.4 Å². The van der Waals surface area contributed by atoms with Gasteiger partial charge in [0.25, 0.3) is 11.8 Å². The van der Waals surface area contributed by atoms with Gasteiger partial charge >= 0.3 is 24.0 Å².